The topological polar surface area (TPSA) is 91.8 Å². The van der Waals surface area contributed by atoms with Crippen LogP contribution < -0.4 is 4.90 Å². The molecule has 0 spiro atoms. The van der Waals surface area contributed by atoms with Gasteiger partial charge in [0.2, 0.25) is 10.0 Å². The molecule has 1 saturated heterocycles. The molecular formula is C24H32N2O5S2. The molecule has 1 unspecified atom stereocenters. The fourth-order valence-corrected chi connectivity index (χ4v) is 6.55. The number of rotatable bonds is 6. The van der Waals surface area contributed by atoms with Gasteiger partial charge in [-0.2, -0.15) is 4.31 Å². The number of hydrogen-bond acceptors (Lipinski definition) is 5. The zero-order chi connectivity index (χ0) is 24.6. The Morgan fingerprint density at radius 3 is 2.15 bits per heavy atom. The molecule has 1 heterocycles. The third-order valence-electron chi connectivity index (χ3n) is 6.07. The van der Waals surface area contributed by atoms with Crippen LogP contribution in [0, 0.1) is 6.92 Å². The monoisotopic (exact) mass is 492 g/mol. The van der Waals surface area contributed by atoms with Crippen molar-refractivity contribution in [3.8, 4) is 0 Å². The highest BCUT2D eigenvalue weighted by atomic mass is 32.2. The molecule has 33 heavy (non-hydrogen) atoms. The second kappa shape index (κ2) is 9.56. The Bertz CT molecular complexity index is 1240. The van der Waals surface area contributed by atoms with Crippen LogP contribution in [0.2, 0.25) is 0 Å². The third-order valence-corrected chi connectivity index (χ3v) is 9.20. The van der Waals surface area contributed by atoms with Crippen LogP contribution in [0.1, 0.15) is 56.0 Å². The van der Waals surface area contributed by atoms with Gasteiger partial charge in [0.25, 0.3) is 5.91 Å². The van der Waals surface area contributed by atoms with Crippen molar-refractivity contribution in [3.05, 3.63) is 53.6 Å². The number of hydrogen-bond donors (Lipinski definition) is 0. The zero-order valence-corrected chi connectivity index (χ0v) is 21.4. The summed E-state index contributed by atoms with van der Waals surface area (Å²) in [5.74, 6) is -0.335. The summed E-state index contributed by atoms with van der Waals surface area (Å²) < 4.78 is 51.8. The second-order valence-electron chi connectivity index (χ2n) is 8.97. The van der Waals surface area contributed by atoms with Gasteiger partial charge < -0.3 is 4.90 Å². The summed E-state index contributed by atoms with van der Waals surface area (Å²) in [5.41, 5.74) is 1.52. The maximum absolute atomic E-state index is 13.6. The molecule has 0 aromatic heterocycles. The third kappa shape index (κ3) is 5.31. The summed E-state index contributed by atoms with van der Waals surface area (Å²) in [6, 6.07) is 10.5. The largest absolute Gasteiger partial charge is 0.306 e. The number of nitrogens with zero attached hydrogens (tertiary/aromatic N) is 2. The van der Waals surface area contributed by atoms with Gasteiger partial charge in [0.1, 0.15) is 0 Å². The van der Waals surface area contributed by atoms with E-state index in [-0.39, 0.29) is 27.8 Å². The lowest BCUT2D eigenvalue weighted by atomic mass is 10.1. The van der Waals surface area contributed by atoms with Gasteiger partial charge in [0, 0.05) is 36.1 Å². The number of carbonyl (C=O) groups is 1. The van der Waals surface area contributed by atoms with Crippen LogP contribution in [0.25, 0.3) is 0 Å². The molecule has 2 aromatic carbocycles. The van der Waals surface area contributed by atoms with Crippen molar-refractivity contribution in [2.45, 2.75) is 68.8 Å². The van der Waals surface area contributed by atoms with E-state index < -0.39 is 19.9 Å². The Balaban J connectivity index is 2.01. The Morgan fingerprint density at radius 2 is 1.61 bits per heavy atom. The van der Waals surface area contributed by atoms with Gasteiger partial charge in [-0.1, -0.05) is 12.5 Å². The number of sulfone groups is 1. The first kappa shape index (κ1) is 25.4. The molecule has 0 saturated carbocycles. The van der Waals surface area contributed by atoms with E-state index in [4.69, 9.17) is 0 Å². The van der Waals surface area contributed by atoms with E-state index in [1.165, 1.54) is 22.5 Å². The van der Waals surface area contributed by atoms with Gasteiger partial charge >= 0.3 is 0 Å². The lowest BCUT2D eigenvalue weighted by molar-refractivity contribution is 0.0979. The average Bonchev–Trinajstić information content (AvgIpc) is 2.73. The van der Waals surface area contributed by atoms with Crippen molar-refractivity contribution in [2.75, 3.05) is 17.7 Å². The van der Waals surface area contributed by atoms with Crippen LogP contribution in [0.3, 0.4) is 0 Å². The maximum Gasteiger partial charge on any atom is 0.258 e. The molecule has 0 bridgehead atoms. The number of piperidine rings is 1. The smallest absolute Gasteiger partial charge is 0.258 e. The Labute approximate surface area is 197 Å². The predicted molar refractivity (Wildman–Crippen MR) is 130 cm³/mol. The van der Waals surface area contributed by atoms with Crippen LogP contribution in [-0.2, 0) is 19.9 Å². The second-order valence-corrected chi connectivity index (χ2v) is 12.9. The quantitative estimate of drug-likeness (QED) is 0.607. The normalized spacial score (nSPS) is 17.8. The van der Waals surface area contributed by atoms with Crippen LogP contribution in [-0.4, -0.2) is 51.9 Å². The number of aryl methyl sites for hydroxylation is 1. The molecule has 0 N–H and O–H groups in total. The number of carbonyl (C=O) groups excluding carboxylic acids is 1. The zero-order valence-electron chi connectivity index (χ0n) is 19.8. The van der Waals surface area contributed by atoms with Gasteiger partial charge in [-0.3, -0.25) is 4.79 Å². The lowest BCUT2D eigenvalue weighted by Gasteiger charge is -2.32. The molecule has 180 valence electrons. The van der Waals surface area contributed by atoms with Gasteiger partial charge in [-0.25, -0.2) is 16.8 Å². The van der Waals surface area contributed by atoms with Crippen LogP contribution in [0.4, 0.5) is 5.69 Å². The maximum atomic E-state index is 13.6. The minimum absolute atomic E-state index is 0.0790. The molecule has 1 atom stereocenters. The fourth-order valence-electron chi connectivity index (χ4n) is 4.19. The minimum Gasteiger partial charge on any atom is -0.306 e. The van der Waals surface area contributed by atoms with Crippen molar-refractivity contribution in [2.24, 2.45) is 0 Å². The first-order valence-electron chi connectivity index (χ1n) is 11.1. The molecule has 9 heteroatoms. The summed E-state index contributed by atoms with van der Waals surface area (Å²) in [7, 11) is -7.08. The Hall–Kier alpha value is -2.23. The van der Waals surface area contributed by atoms with E-state index in [0.717, 1.165) is 25.5 Å². The first-order chi connectivity index (χ1) is 15.3. The number of anilines is 1. The SMILES string of the molecule is Cc1ccc(S(=O)(=O)N2CCCCC2C)cc1C(=O)N(c1ccc(S(C)(=O)=O)cc1)C(C)C. The first-order valence-corrected chi connectivity index (χ1v) is 14.4. The molecule has 1 aliphatic heterocycles. The highest BCUT2D eigenvalue weighted by molar-refractivity contribution is 7.90. The minimum atomic E-state index is -3.72. The summed E-state index contributed by atoms with van der Waals surface area (Å²) in [6.45, 7) is 7.88. The number of sulfonamides is 1. The highest BCUT2D eigenvalue weighted by Crippen LogP contribution is 2.28. The number of benzene rings is 2. The highest BCUT2D eigenvalue weighted by Gasteiger charge is 2.32. The van der Waals surface area contributed by atoms with Crippen LogP contribution in [0.15, 0.2) is 52.3 Å². The van der Waals surface area contributed by atoms with E-state index in [1.807, 2.05) is 20.8 Å². The van der Waals surface area contributed by atoms with Gasteiger partial charge in [0.15, 0.2) is 9.84 Å². The number of amides is 1. The summed E-state index contributed by atoms with van der Waals surface area (Å²) in [4.78, 5) is 15.4. The summed E-state index contributed by atoms with van der Waals surface area (Å²) >= 11 is 0. The van der Waals surface area contributed by atoms with Crippen molar-refractivity contribution in [3.63, 3.8) is 0 Å². The van der Waals surface area contributed by atoms with Gasteiger partial charge in [0.05, 0.1) is 9.79 Å². The van der Waals surface area contributed by atoms with Crippen molar-refractivity contribution in [1.82, 2.24) is 4.31 Å². The fraction of sp³-hybridized carbons (Fsp3) is 0.458. The van der Waals surface area contributed by atoms with Crippen LogP contribution >= 0.6 is 0 Å². The van der Waals surface area contributed by atoms with E-state index in [9.17, 15) is 21.6 Å². The summed E-state index contributed by atoms with van der Waals surface area (Å²) in [6.07, 6.45) is 3.78. The van der Waals surface area contributed by atoms with Crippen LogP contribution in [0.5, 0.6) is 0 Å². The molecule has 7 nitrogen and oxygen atoms in total. The predicted octanol–water partition coefficient (Wildman–Crippen LogP) is 4.02. The molecule has 0 aliphatic carbocycles. The Morgan fingerprint density at radius 1 is 1.00 bits per heavy atom. The van der Waals surface area contributed by atoms with E-state index in [2.05, 4.69) is 0 Å². The van der Waals surface area contributed by atoms with E-state index in [1.54, 1.807) is 36.1 Å². The summed E-state index contributed by atoms with van der Waals surface area (Å²) in [5, 5.41) is 0. The molecule has 1 fully saturated rings. The molecule has 2 aromatic rings. The van der Waals surface area contributed by atoms with Crippen molar-refractivity contribution < 1.29 is 21.6 Å². The van der Waals surface area contributed by atoms with Crippen molar-refractivity contribution >= 4 is 31.5 Å². The van der Waals surface area contributed by atoms with Gasteiger partial charge in [-0.05, 0) is 82.5 Å². The molecule has 0 radical (unpaired) electrons. The molecule has 1 aliphatic rings. The Kier molecular flexibility index (Phi) is 7.36. The molecule has 3 rings (SSSR count). The average molecular weight is 493 g/mol. The van der Waals surface area contributed by atoms with Crippen molar-refractivity contribution in [1.29, 1.82) is 0 Å². The molecule has 1 amide bonds. The van der Waals surface area contributed by atoms with E-state index in [0.29, 0.717) is 23.4 Å². The standard InChI is InChI=1S/C24H32N2O5S2/c1-17(2)26(20-10-13-21(14-11-20)32(5,28)29)24(27)23-16-22(12-9-18(23)3)33(30,31)25-15-7-6-8-19(25)4/h9-14,16-17,19H,6-8,15H2,1-5H3. The molecular weight excluding hydrogens is 460 g/mol. The van der Waals surface area contributed by atoms with Gasteiger partial charge in [-0.15, -0.1) is 0 Å². The lowest BCUT2D eigenvalue weighted by Crippen LogP contribution is -2.42. The van der Waals surface area contributed by atoms with E-state index >= 15 is 0 Å².